The van der Waals surface area contributed by atoms with Gasteiger partial charge in [-0.05, 0) is 24.1 Å². The Morgan fingerprint density at radius 2 is 2.05 bits per heavy atom. The summed E-state index contributed by atoms with van der Waals surface area (Å²) in [5, 5.41) is 3.41. The average Bonchev–Trinajstić information content (AvgIpc) is 2.94. The second kappa shape index (κ2) is 8.37. The van der Waals surface area contributed by atoms with Crippen LogP contribution < -0.4 is 10.1 Å². The van der Waals surface area contributed by atoms with Crippen LogP contribution in [0.15, 0.2) is 24.3 Å². The van der Waals surface area contributed by atoms with E-state index >= 15 is 0 Å². The number of nitrogens with one attached hydrogen (secondary N) is 1. The predicted octanol–water partition coefficient (Wildman–Crippen LogP) is 2.28. The third kappa shape index (κ3) is 5.65. The van der Waals surface area contributed by atoms with Crippen LogP contribution in [-0.2, 0) is 11.3 Å². The molecule has 1 aliphatic heterocycles. The van der Waals surface area contributed by atoms with Gasteiger partial charge in [0.15, 0.2) is 0 Å². The van der Waals surface area contributed by atoms with E-state index in [4.69, 9.17) is 9.47 Å². The molecular weight excluding hydrogens is 264 g/mol. The van der Waals surface area contributed by atoms with E-state index in [0.29, 0.717) is 12.1 Å². The highest BCUT2D eigenvalue weighted by Crippen LogP contribution is 2.14. The molecule has 1 aromatic rings. The van der Waals surface area contributed by atoms with Gasteiger partial charge in [0, 0.05) is 39.3 Å². The molecule has 0 bridgehead atoms. The summed E-state index contributed by atoms with van der Waals surface area (Å²) in [5.41, 5.74) is 1.29. The topological polar surface area (TPSA) is 33.7 Å². The van der Waals surface area contributed by atoms with Gasteiger partial charge in [-0.2, -0.15) is 0 Å². The zero-order valence-corrected chi connectivity index (χ0v) is 13.5. The van der Waals surface area contributed by atoms with Gasteiger partial charge in [-0.25, -0.2) is 0 Å². The highest BCUT2D eigenvalue weighted by Gasteiger charge is 2.21. The lowest BCUT2D eigenvalue weighted by molar-refractivity contribution is 0.106. The SMILES string of the molecule is COC1CCN(CCOc2ccc(CNC(C)C)cc2)C1. The Kier molecular flexibility index (Phi) is 6.49. The fourth-order valence-corrected chi connectivity index (χ4v) is 2.51. The Morgan fingerprint density at radius 3 is 2.67 bits per heavy atom. The molecule has 1 N–H and O–H groups in total. The highest BCUT2D eigenvalue weighted by molar-refractivity contribution is 5.27. The summed E-state index contributed by atoms with van der Waals surface area (Å²) in [4.78, 5) is 2.40. The quantitative estimate of drug-likeness (QED) is 0.797. The molecular formula is C17H28N2O2. The number of benzene rings is 1. The van der Waals surface area contributed by atoms with Crippen molar-refractivity contribution in [3.05, 3.63) is 29.8 Å². The summed E-state index contributed by atoms with van der Waals surface area (Å²) >= 11 is 0. The minimum atomic E-state index is 0.401. The van der Waals surface area contributed by atoms with Crippen molar-refractivity contribution in [1.82, 2.24) is 10.2 Å². The molecule has 0 amide bonds. The van der Waals surface area contributed by atoms with Crippen molar-refractivity contribution in [3.63, 3.8) is 0 Å². The largest absolute Gasteiger partial charge is 0.492 e. The number of likely N-dealkylation sites (tertiary alicyclic amines) is 1. The minimum Gasteiger partial charge on any atom is -0.492 e. The summed E-state index contributed by atoms with van der Waals surface area (Å²) in [6, 6.07) is 8.87. The molecule has 1 unspecified atom stereocenters. The second-order valence-corrected chi connectivity index (χ2v) is 5.98. The molecule has 1 aromatic carbocycles. The van der Waals surface area contributed by atoms with Crippen LogP contribution in [0, 0.1) is 0 Å². The lowest BCUT2D eigenvalue weighted by Gasteiger charge is -2.16. The molecule has 0 aliphatic carbocycles. The molecule has 0 aromatic heterocycles. The first-order valence-electron chi connectivity index (χ1n) is 7.87. The molecule has 4 heteroatoms. The van der Waals surface area contributed by atoms with E-state index in [-0.39, 0.29) is 0 Å². The average molecular weight is 292 g/mol. The van der Waals surface area contributed by atoms with E-state index < -0.39 is 0 Å². The minimum absolute atomic E-state index is 0.401. The summed E-state index contributed by atoms with van der Waals surface area (Å²) in [5.74, 6) is 0.950. The molecule has 1 heterocycles. The third-order valence-corrected chi connectivity index (χ3v) is 3.88. The van der Waals surface area contributed by atoms with Crippen molar-refractivity contribution in [2.24, 2.45) is 0 Å². The van der Waals surface area contributed by atoms with Crippen molar-refractivity contribution in [3.8, 4) is 5.75 Å². The summed E-state index contributed by atoms with van der Waals surface area (Å²) < 4.78 is 11.2. The molecule has 118 valence electrons. The normalized spacial score (nSPS) is 19.3. The van der Waals surface area contributed by atoms with Gasteiger partial charge in [0.05, 0.1) is 6.10 Å². The van der Waals surface area contributed by atoms with E-state index in [1.54, 1.807) is 7.11 Å². The summed E-state index contributed by atoms with van der Waals surface area (Å²) in [6.07, 6.45) is 1.53. The zero-order chi connectivity index (χ0) is 15.1. The van der Waals surface area contributed by atoms with Crippen molar-refractivity contribution in [1.29, 1.82) is 0 Å². The lowest BCUT2D eigenvalue weighted by Crippen LogP contribution is -2.27. The van der Waals surface area contributed by atoms with Gasteiger partial charge in [-0.1, -0.05) is 26.0 Å². The standard InChI is InChI=1S/C17H28N2O2/c1-14(2)18-12-15-4-6-16(7-5-15)21-11-10-19-9-8-17(13-19)20-3/h4-7,14,17-18H,8-13H2,1-3H3. The fourth-order valence-electron chi connectivity index (χ4n) is 2.51. The van der Waals surface area contributed by atoms with Crippen molar-refractivity contribution in [2.75, 3.05) is 33.4 Å². The Bertz CT molecular complexity index is 406. The lowest BCUT2D eigenvalue weighted by atomic mass is 10.2. The van der Waals surface area contributed by atoms with Crippen LogP contribution in [0.5, 0.6) is 5.75 Å². The number of ether oxygens (including phenoxy) is 2. The number of rotatable bonds is 8. The molecule has 0 saturated carbocycles. The Labute approximate surface area is 128 Å². The number of hydrogen-bond donors (Lipinski definition) is 1. The number of nitrogens with zero attached hydrogens (tertiary/aromatic N) is 1. The van der Waals surface area contributed by atoms with Gasteiger partial charge < -0.3 is 14.8 Å². The summed E-state index contributed by atoms with van der Waals surface area (Å²) in [6.45, 7) is 9.07. The molecule has 1 fully saturated rings. The molecule has 1 atom stereocenters. The van der Waals surface area contributed by atoms with Crippen LogP contribution >= 0.6 is 0 Å². The molecule has 1 aliphatic rings. The Balaban J connectivity index is 1.67. The van der Waals surface area contributed by atoms with Crippen LogP contribution in [0.2, 0.25) is 0 Å². The van der Waals surface area contributed by atoms with E-state index in [2.05, 4.69) is 48.3 Å². The summed E-state index contributed by atoms with van der Waals surface area (Å²) in [7, 11) is 1.79. The Morgan fingerprint density at radius 1 is 1.29 bits per heavy atom. The highest BCUT2D eigenvalue weighted by atomic mass is 16.5. The van der Waals surface area contributed by atoms with Gasteiger partial charge >= 0.3 is 0 Å². The zero-order valence-electron chi connectivity index (χ0n) is 13.5. The third-order valence-electron chi connectivity index (χ3n) is 3.88. The first kappa shape index (κ1) is 16.3. The van der Waals surface area contributed by atoms with Crippen LogP contribution in [0.4, 0.5) is 0 Å². The van der Waals surface area contributed by atoms with Gasteiger partial charge in [-0.15, -0.1) is 0 Å². The number of hydrogen-bond acceptors (Lipinski definition) is 4. The van der Waals surface area contributed by atoms with Crippen LogP contribution in [0.3, 0.4) is 0 Å². The van der Waals surface area contributed by atoms with E-state index in [1.165, 1.54) is 5.56 Å². The molecule has 0 radical (unpaired) electrons. The number of methoxy groups -OCH3 is 1. The van der Waals surface area contributed by atoms with Gasteiger partial charge in [0.1, 0.15) is 12.4 Å². The predicted molar refractivity (Wildman–Crippen MR) is 85.8 cm³/mol. The van der Waals surface area contributed by atoms with Crippen molar-refractivity contribution in [2.45, 2.75) is 39.0 Å². The van der Waals surface area contributed by atoms with Gasteiger partial charge in [0.25, 0.3) is 0 Å². The van der Waals surface area contributed by atoms with Gasteiger partial charge in [0.2, 0.25) is 0 Å². The maximum absolute atomic E-state index is 5.81. The van der Waals surface area contributed by atoms with E-state index in [1.807, 2.05) is 0 Å². The maximum atomic E-state index is 5.81. The van der Waals surface area contributed by atoms with Crippen molar-refractivity contribution >= 4 is 0 Å². The molecule has 21 heavy (non-hydrogen) atoms. The van der Waals surface area contributed by atoms with Crippen molar-refractivity contribution < 1.29 is 9.47 Å². The molecule has 4 nitrogen and oxygen atoms in total. The van der Waals surface area contributed by atoms with Gasteiger partial charge in [-0.3, -0.25) is 4.90 Å². The first-order valence-corrected chi connectivity index (χ1v) is 7.87. The Hall–Kier alpha value is -1.10. The molecule has 0 spiro atoms. The van der Waals surface area contributed by atoms with E-state index in [0.717, 1.165) is 45.0 Å². The van der Waals surface area contributed by atoms with E-state index in [9.17, 15) is 0 Å². The molecule has 1 saturated heterocycles. The fraction of sp³-hybridized carbons (Fsp3) is 0.647. The monoisotopic (exact) mass is 292 g/mol. The van der Waals surface area contributed by atoms with Crippen LogP contribution in [0.25, 0.3) is 0 Å². The first-order chi connectivity index (χ1) is 10.2. The van der Waals surface area contributed by atoms with Crippen LogP contribution in [0.1, 0.15) is 25.8 Å². The molecule has 2 rings (SSSR count). The maximum Gasteiger partial charge on any atom is 0.119 e. The van der Waals surface area contributed by atoms with Crippen LogP contribution in [-0.4, -0.2) is 50.4 Å². The second-order valence-electron chi connectivity index (χ2n) is 5.98. The smallest absolute Gasteiger partial charge is 0.119 e.